The molecule has 1 aromatic rings. The van der Waals surface area contributed by atoms with E-state index in [0.717, 1.165) is 30.7 Å². The summed E-state index contributed by atoms with van der Waals surface area (Å²) < 4.78 is 2.04. The highest BCUT2D eigenvalue weighted by Crippen LogP contribution is 2.22. The number of nitrogens with one attached hydrogen (secondary N) is 1. The molecule has 0 saturated carbocycles. The van der Waals surface area contributed by atoms with Gasteiger partial charge in [-0.25, -0.2) is 0 Å². The third-order valence-corrected chi connectivity index (χ3v) is 4.15. The molecule has 1 aliphatic rings. The highest BCUT2D eigenvalue weighted by Gasteiger charge is 2.15. The normalized spacial score (nSPS) is 21.1. The molecule has 5 heteroatoms. The van der Waals surface area contributed by atoms with Gasteiger partial charge in [0.05, 0.1) is 6.54 Å². The fourth-order valence-corrected chi connectivity index (χ4v) is 3.02. The average Bonchev–Trinajstić information content (AvgIpc) is 2.83. The van der Waals surface area contributed by atoms with Crippen LogP contribution in [0.4, 0.5) is 0 Å². The van der Waals surface area contributed by atoms with Crippen molar-refractivity contribution in [2.24, 2.45) is 13.0 Å². The number of nitrogens with zero attached hydrogens (tertiary/aromatic N) is 3. The number of thioether (sulfide) groups is 1. The van der Waals surface area contributed by atoms with Crippen LogP contribution in [0.2, 0.25) is 0 Å². The molecule has 1 fully saturated rings. The predicted molar refractivity (Wildman–Crippen MR) is 62.9 cm³/mol. The second-order valence-corrected chi connectivity index (χ2v) is 5.23. The lowest BCUT2D eigenvalue weighted by molar-refractivity contribution is 0.511. The first kappa shape index (κ1) is 11.0. The van der Waals surface area contributed by atoms with Gasteiger partial charge in [-0.3, -0.25) is 0 Å². The summed E-state index contributed by atoms with van der Waals surface area (Å²) in [4.78, 5) is 0. The van der Waals surface area contributed by atoms with Crippen molar-refractivity contribution in [1.29, 1.82) is 0 Å². The van der Waals surface area contributed by atoms with Crippen molar-refractivity contribution >= 4 is 11.8 Å². The first-order valence-electron chi connectivity index (χ1n) is 5.40. The topological polar surface area (TPSA) is 42.7 Å². The first-order valence-corrected chi connectivity index (χ1v) is 6.56. The largest absolute Gasteiger partial charge is 0.317 e. The highest BCUT2D eigenvalue weighted by atomic mass is 32.2. The van der Waals surface area contributed by atoms with Crippen molar-refractivity contribution in [3.8, 4) is 0 Å². The van der Waals surface area contributed by atoms with E-state index in [1.165, 1.54) is 17.9 Å². The molecule has 84 valence electrons. The smallest absolute Gasteiger partial charge is 0.146 e. The van der Waals surface area contributed by atoms with Crippen molar-refractivity contribution in [3.63, 3.8) is 0 Å². The molecule has 2 rings (SSSR count). The third kappa shape index (κ3) is 2.72. The Balaban J connectivity index is 1.75. The molecule has 1 N–H and O–H groups in total. The van der Waals surface area contributed by atoms with E-state index in [-0.39, 0.29) is 0 Å². The fourth-order valence-electron chi connectivity index (χ4n) is 1.74. The lowest BCUT2D eigenvalue weighted by Crippen LogP contribution is -2.23. The Labute approximate surface area is 94.8 Å². The quantitative estimate of drug-likeness (QED) is 0.830. The summed E-state index contributed by atoms with van der Waals surface area (Å²) in [6, 6.07) is 0. The van der Waals surface area contributed by atoms with E-state index >= 15 is 0 Å². The molecular weight excluding hydrogens is 208 g/mol. The Morgan fingerprint density at radius 3 is 3.00 bits per heavy atom. The van der Waals surface area contributed by atoms with Crippen LogP contribution < -0.4 is 5.32 Å². The standard InChI is InChI=1S/C10H18N4S/c1-8-12-13-10(14(8)2)6-11-5-9-3-4-15-7-9/h9,11H,3-7H2,1-2H3. The molecule has 1 unspecified atom stereocenters. The summed E-state index contributed by atoms with van der Waals surface area (Å²) in [5.41, 5.74) is 0. The van der Waals surface area contributed by atoms with Gasteiger partial charge in [-0.2, -0.15) is 11.8 Å². The van der Waals surface area contributed by atoms with Crippen LogP contribution in [0.3, 0.4) is 0 Å². The lowest BCUT2D eigenvalue weighted by Gasteiger charge is -2.09. The molecule has 0 aromatic carbocycles. The van der Waals surface area contributed by atoms with Gasteiger partial charge in [-0.1, -0.05) is 0 Å². The summed E-state index contributed by atoms with van der Waals surface area (Å²) >= 11 is 2.06. The van der Waals surface area contributed by atoms with Gasteiger partial charge in [0.2, 0.25) is 0 Å². The Kier molecular flexibility index (Phi) is 3.64. The molecule has 2 heterocycles. The summed E-state index contributed by atoms with van der Waals surface area (Å²) in [5.74, 6) is 5.49. The molecule has 15 heavy (non-hydrogen) atoms. The van der Waals surface area contributed by atoms with E-state index in [1.807, 2.05) is 18.5 Å². The van der Waals surface area contributed by atoms with Crippen LogP contribution in [0.15, 0.2) is 0 Å². The van der Waals surface area contributed by atoms with Crippen LogP contribution in [0.25, 0.3) is 0 Å². The van der Waals surface area contributed by atoms with Crippen LogP contribution in [-0.4, -0.2) is 32.8 Å². The van der Waals surface area contributed by atoms with Gasteiger partial charge in [0.25, 0.3) is 0 Å². The van der Waals surface area contributed by atoms with Gasteiger partial charge in [-0.05, 0) is 37.3 Å². The molecule has 0 bridgehead atoms. The molecule has 1 atom stereocenters. The van der Waals surface area contributed by atoms with Crippen molar-refractivity contribution in [1.82, 2.24) is 20.1 Å². The van der Waals surface area contributed by atoms with E-state index < -0.39 is 0 Å². The zero-order chi connectivity index (χ0) is 10.7. The Morgan fingerprint density at radius 1 is 1.53 bits per heavy atom. The second kappa shape index (κ2) is 4.99. The number of hydrogen-bond acceptors (Lipinski definition) is 4. The summed E-state index contributed by atoms with van der Waals surface area (Å²) in [5, 5.41) is 11.6. The third-order valence-electron chi connectivity index (χ3n) is 2.92. The van der Waals surface area contributed by atoms with E-state index in [9.17, 15) is 0 Å². The monoisotopic (exact) mass is 226 g/mol. The van der Waals surface area contributed by atoms with Gasteiger partial charge in [0.1, 0.15) is 11.6 Å². The van der Waals surface area contributed by atoms with E-state index in [4.69, 9.17) is 0 Å². The van der Waals surface area contributed by atoms with Crippen LogP contribution in [-0.2, 0) is 13.6 Å². The molecule has 0 amide bonds. The molecule has 0 radical (unpaired) electrons. The highest BCUT2D eigenvalue weighted by molar-refractivity contribution is 7.99. The molecule has 1 aliphatic heterocycles. The van der Waals surface area contributed by atoms with Crippen molar-refractivity contribution in [2.75, 3.05) is 18.1 Å². The summed E-state index contributed by atoms with van der Waals surface area (Å²) in [7, 11) is 2.01. The van der Waals surface area contributed by atoms with Crippen molar-refractivity contribution in [2.45, 2.75) is 19.9 Å². The zero-order valence-electron chi connectivity index (χ0n) is 9.36. The second-order valence-electron chi connectivity index (χ2n) is 4.08. The van der Waals surface area contributed by atoms with Gasteiger partial charge in [0.15, 0.2) is 0 Å². The van der Waals surface area contributed by atoms with Crippen LogP contribution in [0, 0.1) is 12.8 Å². The average molecular weight is 226 g/mol. The molecule has 4 nitrogen and oxygen atoms in total. The number of aryl methyl sites for hydroxylation is 1. The minimum atomic E-state index is 0.832. The SMILES string of the molecule is Cc1nnc(CNCC2CCSC2)n1C. The van der Waals surface area contributed by atoms with Gasteiger partial charge in [-0.15, -0.1) is 10.2 Å². The Bertz CT molecular complexity index is 317. The number of aromatic nitrogens is 3. The maximum Gasteiger partial charge on any atom is 0.146 e. The Morgan fingerprint density at radius 2 is 2.40 bits per heavy atom. The minimum Gasteiger partial charge on any atom is -0.317 e. The van der Waals surface area contributed by atoms with Crippen molar-refractivity contribution in [3.05, 3.63) is 11.6 Å². The van der Waals surface area contributed by atoms with Gasteiger partial charge >= 0.3 is 0 Å². The summed E-state index contributed by atoms with van der Waals surface area (Å²) in [6.45, 7) is 3.92. The fraction of sp³-hybridized carbons (Fsp3) is 0.800. The van der Waals surface area contributed by atoms with Crippen molar-refractivity contribution < 1.29 is 0 Å². The van der Waals surface area contributed by atoms with Crippen LogP contribution in [0.5, 0.6) is 0 Å². The van der Waals surface area contributed by atoms with Gasteiger partial charge < -0.3 is 9.88 Å². The Hall–Kier alpha value is -0.550. The van der Waals surface area contributed by atoms with Crippen LogP contribution >= 0.6 is 11.8 Å². The van der Waals surface area contributed by atoms with E-state index in [0.29, 0.717) is 0 Å². The maximum atomic E-state index is 4.12. The number of hydrogen-bond donors (Lipinski definition) is 1. The predicted octanol–water partition coefficient (Wildman–Crippen LogP) is 0.966. The first-order chi connectivity index (χ1) is 7.27. The minimum absolute atomic E-state index is 0.832. The summed E-state index contributed by atoms with van der Waals surface area (Å²) in [6.07, 6.45) is 1.36. The maximum absolute atomic E-state index is 4.12. The number of rotatable bonds is 4. The molecule has 0 spiro atoms. The lowest BCUT2D eigenvalue weighted by atomic mass is 10.1. The van der Waals surface area contributed by atoms with E-state index in [2.05, 4.69) is 27.3 Å². The molecule has 0 aliphatic carbocycles. The van der Waals surface area contributed by atoms with Gasteiger partial charge in [0, 0.05) is 7.05 Å². The molecular formula is C10H18N4S. The van der Waals surface area contributed by atoms with E-state index in [1.54, 1.807) is 0 Å². The molecule has 1 saturated heterocycles. The van der Waals surface area contributed by atoms with Crippen LogP contribution in [0.1, 0.15) is 18.1 Å². The zero-order valence-corrected chi connectivity index (χ0v) is 10.2. The molecule has 1 aromatic heterocycles.